The van der Waals surface area contributed by atoms with Gasteiger partial charge in [0, 0.05) is 5.56 Å². The third-order valence-electron chi connectivity index (χ3n) is 4.50. The fourth-order valence-corrected chi connectivity index (χ4v) is 5.09. The first-order chi connectivity index (χ1) is 14.0. The third kappa shape index (κ3) is 5.03. The van der Waals surface area contributed by atoms with Crippen molar-refractivity contribution in [2.24, 2.45) is 0 Å². The van der Waals surface area contributed by atoms with Gasteiger partial charge in [-0.3, -0.25) is 14.4 Å². The molecular formula is C21H24N4O3S2. The van der Waals surface area contributed by atoms with Crippen LogP contribution in [0.1, 0.15) is 23.6 Å². The molecule has 0 aliphatic heterocycles. The van der Waals surface area contributed by atoms with E-state index in [-0.39, 0.29) is 0 Å². The highest BCUT2D eigenvalue weighted by molar-refractivity contribution is 7.92. The summed E-state index contributed by atoms with van der Waals surface area (Å²) in [6, 6.07) is 12.3. The number of carbonyl (C=O) groups excluding carboxylic acids is 1. The standard InChI is InChI=1S/C21H24N4O3S2/c1-13-6-8-17(9-7-13)20-23-24-21(29-20)22-19(26)16(4)25(30(5,27)28)18-11-14(2)10-15(3)12-18/h6-12,16H,1-5H3,(H,22,24,26). The molecule has 1 unspecified atom stereocenters. The van der Waals surface area contributed by atoms with Crippen molar-refractivity contribution in [1.82, 2.24) is 10.2 Å². The van der Waals surface area contributed by atoms with Crippen molar-refractivity contribution < 1.29 is 13.2 Å². The first-order valence-corrected chi connectivity index (χ1v) is 12.0. The Balaban J connectivity index is 1.83. The molecule has 7 nitrogen and oxygen atoms in total. The maximum Gasteiger partial charge on any atom is 0.249 e. The summed E-state index contributed by atoms with van der Waals surface area (Å²) in [5.41, 5.74) is 4.32. The zero-order chi connectivity index (χ0) is 22.1. The first-order valence-electron chi connectivity index (χ1n) is 9.33. The van der Waals surface area contributed by atoms with Crippen molar-refractivity contribution in [2.75, 3.05) is 15.9 Å². The van der Waals surface area contributed by atoms with Gasteiger partial charge in [-0.15, -0.1) is 10.2 Å². The molecule has 0 aliphatic carbocycles. The van der Waals surface area contributed by atoms with Gasteiger partial charge in [-0.2, -0.15) is 0 Å². The largest absolute Gasteiger partial charge is 0.299 e. The van der Waals surface area contributed by atoms with E-state index in [4.69, 9.17) is 0 Å². The van der Waals surface area contributed by atoms with Gasteiger partial charge < -0.3 is 0 Å². The molecule has 1 N–H and O–H groups in total. The number of sulfonamides is 1. The van der Waals surface area contributed by atoms with Crippen molar-refractivity contribution in [1.29, 1.82) is 0 Å². The van der Waals surface area contributed by atoms with E-state index in [1.54, 1.807) is 19.1 Å². The minimum absolute atomic E-state index is 0.316. The maximum absolute atomic E-state index is 12.9. The van der Waals surface area contributed by atoms with Crippen LogP contribution in [0.25, 0.3) is 10.6 Å². The second kappa shape index (κ2) is 8.53. The van der Waals surface area contributed by atoms with Crippen molar-refractivity contribution >= 4 is 38.1 Å². The molecule has 1 atom stereocenters. The van der Waals surface area contributed by atoms with Crippen LogP contribution >= 0.6 is 11.3 Å². The number of nitrogens with one attached hydrogen (secondary N) is 1. The van der Waals surface area contributed by atoms with Gasteiger partial charge >= 0.3 is 0 Å². The molecule has 0 radical (unpaired) electrons. The average Bonchev–Trinajstić information content (AvgIpc) is 3.08. The number of rotatable bonds is 6. The van der Waals surface area contributed by atoms with Crippen molar-refractivity contribution in [3.63, 3.8) is 0 Å². The molecule has 0 spiro atoms. The van der Waals surface area contributed by atoms with Gasteiger partial charge in [0.2, 0.25) is 21.1 Å². The smallest absolute Gasteiger partial charge is 0.249 e. The van der Waals surface area contributed by atoms with Crippen LogP contribution in [0.5, 0.6) is 0 Å². The predicted octanol–water partition coefficient (Wildman–Crippen LogP) is 3.92. The number of hydrogen-bond acceptors (Lipinski definition) is 6. The van der Waals surface area contributed by atoms with E-state index in [2.05, 4.69) is 15.5 Å². The Hall–Kier alpha value is -2.78. The average molecular weight is 445 g/mol. The molecule has 0 bridgehead atoms. The lowest BCUT2D eigenvalue weighted by Crippen LogP contribution is -2.45. The molecule has 158 valence electrons. The minimum atomic E-state index is -3.69. The lowest BCUT2D eigenvalue weighted by Gasteiger charge is -2.28. The molecule has 1 aromatic heterocycles. The van der Waals surface area contributed by atoms with Crippen LogP contribution < -0.4 is 9.62 Å². The fourth-order valence-electron chi connectivity index (χ4n) is 3.18. The molecular weight excluding hydrogens is 420 g/mol. The number of hydrogen-bond donors (Lipinski definition) is 1. The Bertz CT molecular complexity index is 1150. The van der Waals surface area contributed by atoms with Crippen LogP contribution in [-0.4, -0.2) is 36.8 Å². The van der Waals surface area contributed by atoms with Crippen LogP contribution in [0, 0.1) is 20.8 Å². The number of anilines is 2. The zero-order valence-corrected chi connectivity index (χ0v) is 19.1. The van der Waals surface area contributed by atoms with Gasteiger partial charge in [-0.05, 0) is 51.0 Å². The number of aryl methyl sites for hydroxylation is 3. The summed E-state index contributed by atoms with van der Waals surface area (Å²) in [5.74, 6) is -0.480. The SMILES string of the molecule is Cc1ccc(-c2nnc(NC(=O)C(C)N(c3cc(C)cc(C)c3)S(C)(=O)=O)s2)cc1. The van der Waals surface area contributed by atoms with Crippen LogP contribution in [-0.2, 0) is 14.8 Å². The Morgan fingerprint density at radius 3 is 2.17 bits per heavy atom. The molecule has 0 saturated carbocycles. The number of carbonyl (C=O) groups is 1. The van der Waals surface area contributed by atoms with Crippen LogP contribution in [0.3, 0.4) is 0 Å². The van der Waals surface area contributed by atoms with Gasteiger partial charge in [0.05, 0.1) is 11.9 Å². The molecule has 30 heavy (non-hydrogen) atoms. The molecule has 0 fully saturated rings. The quantitative estimate of drug-likeness (QED) is 0.622. The summed E-state index contributed by atoms with van der Waals surface area (Å²) in [7, 11) is -3.69. The normalized spacial score (nSPS) is 12.4. The van der Waals surface area contributed by atoms with Crippen LogP contribution in [0.4, 0.5) is 10.8 Å². The van der Waals surface area contributed by atoms with E-state index in [9.17, 15) is 13.2 Å². The lowest BCUT2D eigenvalue weighted by molar-refractivity contribution is -0.116. The van der Waals surface area contributed by atoms with E-state index >= 15 is 0 Å². The minimum Gasteiger partial charge on any atom is -0.299 e. The first kappa shape index (κ1) is 21.9. The summed E-state index contributed by atoms with van der Waals surface area (Å²) in [4.78, 5) is 12.9. The number of aromatic nitrogens is 2. The van der Waals surface area contributed by atoms with Gasteiger partial charge in [0.1, 0.15) is 11.0 Å². The Kier molecular flexibility index (Phi) is 6.23. The van der Waals surface area contributed by atoms with Gasteiger partial charge in [0.15, 0.2) is 0 Å². The van der Waals surface area contributed by atoms with E-state index in [0.717, 1.165) is 32.8 Å². The Morgan fingerprint density at radius 1 is 1.00 bits per heavy atom. The molecule has 0 aliphatic rings. The number of benzene rings is 2. The summed E-state index contributed by atoms with van der Waals surface area (Å²) < 4.78 is 26.1. The van der Waals surface area contributed by atoms with Gasteiger partial charge in [-0.1, -0.05) is 47.2 Å². The van der Waals surface area contributed by atoms with Gasteiger partial charge in [-0.25, -0.2) is 8.42 Å². The maximum atomic E-state index is 12.9. The Labute approximate surface area is 180 Å². The highest BCUT2D eigenvalue weighted by Gasteiger charge is 2.30. The summed E-state index contributed by atoms with van der Waals surface area (Å²) in [5, 5.41) is 11.8. The molecule has 9 heteroatoms. The van der Waals surface area contributed by atoms with E-state index in [1.165, 1.54) is 11.3 Å². The third-order valence-corrected chi connectivity index (χ3v) is 6.63. The highest BCUT2D eigenvalue weighted by Crippen LogP contribution is 2.28. The highest BCUT2D eigenvalue weighted by atomic mass is 32.2. The monoisotopic (exact) mass is 444 g/mol. The Morgan fingerprint density at radius 2 is 1.60 bits per heavy atom. The van der Waals surface area contributed by atoms with Crippen molar-refractivity contribution in [2.45, 2.75) is 33.7 Å². The van der Waals surface area contributed by atoms with Gasteiger partial charge in [0.25, 0.3) is 0 Å². The van der Waals surface area contributed by atoms with E-state index in [1.807, 2.05) is 51.1 Å². The summed E-state index contributed by atoms with van der Waals surface area (Å²) in [6.07, 6.45) is 1.09. The second-order valence-corrected chi connectivity index (χ2v) is 10.2. The van der Waals surface area contributed by atoms with E-state index in [0.29, 0.717) is 15.8 Å². The molecule has 2 aromatic carbocycles. The second-order valence-electron chi connectivity index (χ2n) is 7.35. The lowest BCUT2D eigenvalue weighted by atomic mass is 10.1. The summed E-state index contributed by atoms with van der Waals surface area (Å²) in [6.45, 7) is 7.32. The fraction of sp³-hybridized carbons (Fsp3) is 0.286. The van der Waals surface area contributed by atoms with Crippen LogP contribution in [0.15, 0.2) is 42.5 Å². The van der Waals surface area contributed by atoms with E-state index < -0.39 is 22.0 Å². The topological polar surface area (TPSA) is 92.3 Å². The van der Waals surface area contributed by atoms with Crippen molar-refractivity contribution in [3.8, 4) is 10.6 Å². The predicted molar refractivity (Wildman–Crippen MR) is 121 cm³/mol. The number of amides is 1. The zero-order valence-electron chi connectivity index (χ0n) is 17.5. The summed E-state index contributed by atoms with van der Waals surface area (Å²) >= 11 is 1.24. The van der Waals surface area contributed by atoms with Crippen LogP contribution in [0.2, 0.25) is 0 Å². The van der Waals surface area contributed by atoms with Crippen molar-refractivity contribution in [3.05, 3.63) is 59.2 Å². The molecule has 1 heterocycles. The molecule has 3 rings (SSSR count). The molecule has 3 aromatic rings. The number of nitrogens with zero attached hydrogens (tertiary/aromatic N) is 3. The molecule has 0 saturated heterocycles. The molecule has 1 amide bonds.